The number of pyridine rings is 2. The number of hydrogen-bond acceptors (Lipinski definition) is 3. The van der Waals surface area contributed by atoms with E-state index in [0.29, 0.717) is 0 Å². The third-order valence-electron chi connectivity index (χ3n) is 4.16. The Morgan fingerprint density at radius 1 is 1.00 bits per heavy atom. The second-order valence-electron chi connectivity index (χ2n) is 5.98. The van der Waals surface area contributed by atoms with Crippen molar-refractivity contribution in [1.29, 1.82) is 0 Å². The smallest absolute Gasteiger partial charge is 0.221 e. The minimum atomic E-state index is -0.398. The molecule has 4 aromatic rings. The first kappa shape index (κ1) is 16.0. The number of benzene rings is 1. The van der Waals surface area contributed by atoms with Crippen LogP contribution in [0.5, 0.6) is 0 Å². The highest BCUT2D eigenvalue weighted by Gasteiger charge is 2.17. The first-order valence-corrected chi connectivity index (χ1v) is 8.08. The van der Waals surface area contributed by atoms with E-state index in [1.807, 2.05) is 24.3 Å². The van der Waals surface area contributed by atoms with E-state index in [1.165, 1.54) is 12.1 Å². The van der Waals surface area contributed by atoms with Crippen molar-refractivity contribution in [1.82, 2.24) is 14.6 Å². The lowest BCUT2D eigenvalue weighted by Gasteiger charge is -2.04. The van der Waals surface area contributed by atoms with Crippen LogP contribution < -0.4 is 5.73 Å². The van der Waals surface area contributed by atoms with Crippen LogP contribution in [0.2, 0.25) is 0 Å². The molecule has 3 heterocycles. The fourth-order valence-electron chi connectivity index (χ4n) is 3.01. The van der Waals surface area contributed by atoms with Gasteiger partial charge in [-0.15, -0.1) is 0 Å². The van der Waals surface area contributed by atoms with Gasteiger partial charge in [0.25, 0.3) is 0 Å². The summed E-state index contributed by atoms with van der Waals surface area (Å²) >= 11 is 0. The molecule has 4 rings (SSSR count). The molecule has 6 heteroatoms. The Morgan fingerprint density at radius 3 is 2.42 bits per heavy atom. The predicted octanol–water partition coefficient (Wildman–Crippen LogP) is 3.23. The molecule has 0 atom stereocenters. The topological polar surface area (TPSA) is 73.3 Å². The zero-order valence-electron chi connectivity index (χ0n) is 13.8. The summed E-state index contributed by atoms with van der Waals surface area (Å²) in [5.74, 6) is -0.698. The van der Waals surface area contributed by atoms with Gasteiger partial charge in [-0.25, -0.2) is 8.91 Å². The summed E-state index contributed by atoms with van der Waals surface area (Å²) in [6, 6.07) is 13.8. The molecular formula is C20H15FN4O. The van der Waals surface area contributed by atoms with Crippen LogP contribution in [0.3, 0.4) is 0 Å². The van der Waals surface area contributed by atoms with Crippen molar-refractivity contribution in [3.63, 3.8) is 0 Å². The lowest BCUT2D eigenvalue weighted by Crippen LogP contribution is -2.13. The molecule has 26 heavy (non-hydrogen) atoms. The van der Waals surface area contributed by atoms with Gasteiger partial charge in [-0.1, -0.05) is 6.07 Å². The van der Waals surface area contributed by atoms with E-state index >= 15 is 0 Å². The van der Waals surface area contributed by atoms with Crippen molar-refractivity contribution in [3.8, 4) is 22.4 Å². The molecule has 0 spiro atoms. The molecule has 0 fully saturated rings. The number of primary amides is 1. The third kappa shape index (κ3) is 2.93. The van der Waals surface area contributed by atoms with Crippen LogP contribution in [0.4, 0.5) is 4.39 Å². The van der Waals surface area contributed by atoms with Gasteiger partial charge in [0.15, 0.2) is 0 Å². The van der Waals surface area contributed by atoms with Crippen molar-refractivity contribution in [3.05, 3.63) is 78.5 Å². The predicted molar refractivity (Wildman–Crippen MR) is 96.7 cm³/mol. The molecular weight excluding hydrogens is 331 g/mol. The molecule has 1 amide bonds. The fourth-order valence-corrected chi connectivity index (χ4v) is 3.01. The molecule has 2 N–H and O–H groups in total. The number of rotatable bonds is 4. The zero-order valence-corrected chi connectivity index (χ0v) is 13.8. The number of nitrogens with two attached hydrogens (primary N) is 1. The summed E-state index contributed by atoms with van der Waals surface area (Å²) in [7, 11) is 0. The minimum Gasteiger partial charge on any atom is -0.369 e. The SMILES string of the molecule is NC(=O)Cc1ccc2c(-c3ccncc3)c(-c3ccc(F)cc3)nn2c1. The Bertz CT molecular complexity index is 1090. The van der Waals surface area contributed by atoms with Crippen LogP contribution in [-0.2, 0) is 11.2 Å². The average Bonchev–Trinajstić information content (AvgIpc) is 3.01. The number of carbonyl (C=O) groups excluding carboxylic acids is 1. The second-order valence-corrected chi connectivity index (χ2v) is 5.98. The van der Waals surface area contributed by atoms with Gasteiger partial charge in [0.1, 0.15) is 11.5 Å². The first-order valence-electron chi connectivity index (χ1n) is 8.08. The van der Waals surface area contributed by atoms with Crippen molar-refractivity contribution >= 4 is 11.4 Å². The van der Waals surface area contributed by atoms with E-state index in [2.05, 4.69) is 10.1 Å². The van der Waals surface area contributed by atoms with Crippen LogP contribution in [0.15, 0.2) is 67.1 Å². The van der Waals surface area contributed by atoms with E-state index in [9.17, 15) is 9.18 Å². The summed E-state index contributed by atoms with van der Waals surface area (Å²) in [4.78, 5) is 15.3. The van der Waals surface area contributed by atoms with Crippen molar-refractivity contribution in [2.75, 3.05) is 0 Å². The maximum atomic E-state index is 13.3. The zero-order chi connectivity index (χ0) is 18.1. The summed E-state index contributed by atoms with van der Waals surface area (Å²) in [6.07, 6.45) is 5.37. The first-order chi connectivity index (χ1) is 12.6. The highest BCUT2D eigenvalue weighted by Crippen LogP contribution is 2.35. The van der Waals surface area contributed by atoms with Gasteiger partial charge in [-0.3, -0.25) is 9.78 Å². The molecule has 0 saturated carbocycles. The molecule has 0 unspecified atom stereocenters. The number of fused-ring (bicyclic) bond motifs is 1. The van der Waals surface area contributed by atoms with Crippen LogP contribution in [0, 0.1) is 5.82 Å². The summed E-state index contributed by atoms with van der Waals surface area (Å²) in [6.45, 7) is 0. The molecule has 0 aliphatic rings. The maximum Gasteiger partial charge on any atom is 0.221 e. The number of halogens is 1. The van der Waals surface area contributed by atoms with E-state index in [-0.39, 0.29) is 12.2 Å². The Morgan fingerprint density at radius 2 is 1.73 bits per heavy atom. The van der Waals surface area contributed by atoms with Crippen LogP contribution in [0.25, 0.3) is 27.9 Å². The monoisotopic (exact) mass is 346 g/mol. The van der Waals surface area contributed by atoms with E-state index < -0.39 is 5.91 Å². The van der Waals surface area contributed by atoms with Crippen LogP contribution in [0.1, 0.15) is 5.56 Å². The quantitative estimate of drug-likeness (QED) is 0.616. The summed E-state index contributed by atoms with van der Waals surface area (Å²) in [5, 5.41) is 4.68. The number of aromatic nitrogens is 3. The van der Waals surface area contributed by atoms with Gasteiger partial charge in [0.05, 0.1) is 11.9 Å². The van der Waals surface area contributed by atoms with Gasteiger partial charge < -0.3 is 5.73 Å². The Balaban J connectivity index is 1.96. The minimum absolute atomic E-state index is 0.145. The standard InChI is InChI=1S/C20H15FN4O/c21-16-4-2-15(3-5-16)20-19(14-7-9-23-10-8-14)17-6-1-13(11-18(22)26)12-25(17)24-20/h1-10,12H,11H2,(H2,22,26). The molecule has 128 valence electrons. The lowest BCUT2D eigenvalue weighted by atomic mass is 10.0. The molecule has 0 aliphatic carbocycles. The van der Waals surface area contributed by atoms with Gasteiger partial charge in [-0.2, -0.15) is 5.10 Å². The molecule has 0 bridgehead atoms. The van der Waals surface area contributed by atoms with Crippen molar-refractivity contribution in [2.45, 2.75) is 6.42 Å². The number of hydrogen-bond donors (Lipinski definition) is 1. The van der Waals surface area contributed by atoms with Crippen molar-refractivity contribution < 1.29 is 9.18 Å². The third-order valence-corrected chi connectivity index (χ3v) is 4.16. The Labute approximate surface area is 148 Å². The van der Waals surface area contributed by atoms with Crippen LogP contribution in [-0.4, -0.2) is 20.5 Å². The van der Waals surface area contributed by atoms with Crippen LogP contribution >= 0.6 is 0 Å². The lowest BCUT2D eigenvalue weighted by molar-refractivity contribution is -0.117. The largest absolute Gasteiger partial charge is 0.369 e. The number of carbonyl (C=O) groups is 1. The van der Waals surface area contributed by atoms with Gasteiger partial charge in [0, 0.05) is 29.7 Å². The number of amides is 1. The Kier molecular flexibility index (Phi) is 3.93. The summed E-state index contributed by atoms with van der Waals surface area (Å²) in [5.41, 5.74) is 10.4. The molecule has 1 aromatic carbocycles. The van der Waals surface area contributed by atoms with E-state index in [1.54, 1.807) is 35.2 Å². The van der Waals surface area contributed by atoms with Gasteiger partial charge >= 0.3 is 0 Å². The highest BCUT2D eigenvalue weighted by atomic mass is 19.1. The molecule has 0 radical (unpaired) electrons. The number of nitrogens with zero attached hydrogens (tertiary/aromatic N) is 3. The average molecular weight is 346 g/mol. The molecule has 0 aliphatic heterocycles. The molecule has 0 saturated heterocycles. The molecule has 3 aromatic heterocycles. The van der Waals surface area contributed by atoms with Gasteiger partial charge in [0.2, 0.25) is 5.91 Å². The second kappa shape index (κ2) is 6.40. The maximum absolute atomic E-state index is 13.3. The van der Waals surface area contributed by atoms with E-state index in [4.69, 9.17) is 5.73 Å². The van der Waals surface area contributed by atoms with Gasteiger partial charge in [-0.05, 0) is 53.6 Å². The fraction of sp³-hybridized carbons (Fsp3) is 0.0500. The van der Waals surface area contributed by atoms with E-state index in [0.717, 1.165) is 33.5 Å². The summed E-state index contributed by atoms with van der Waals surface area (Å²) < 4.78 is 15.1. The normalized spacial score (nSPS) is 11.0. The molecule has 5 nitrogen and oxygen atoms in total. The highest BCUT2D eigenvalue weighted by molar-refractivity contribution is 5.92. The van der Waals surface area contributed by atoms with Crippen molar-refractivity contribution in [2.24, 2.45) is 5.73 Å². The Hall–Kier alpha value is -3.54.